The molecule has 1 aliphatic rings. The molecule has 2 atom stereocenters. The molecular formula is C15H32N2. The second-order valence-corrected chi connectivity index (χ2v) is 6.32. The van der Waals surface area contributed by atoms with Gasteiger partial charge >= 0.3 is 0 Å². The number of rotatable bonds is 5. The van der Waals surface area contributed by atoms with Crippen molar-refractivity contribution in [3.8, 4) is 0 Å². The third kappa shape index (κ3) is 3.69. The first-order valence-electron chi connectivity index (χ1n) is 7.45. The second-order valence-electron chi connectivity index (χ2n) is 6.32. The number of hydrogen-bond donors (Lipinski definition) is 1. The Morgan fingerprint density at radius 2 is 1.82 bits per heavy atom. The Kier molecular flexibility index (Phi) is 5.46. The largest absolute Gasteiger partial charge is 0.309 e. The predicted octanol–water partition coefficient (Wildman–Crippen LogP) is 3.27. The minimum absolute atomic E-state index is 0.270. The van der Waals surface area contributed by atoms with Gasteiger partial charge in [-0.3, -0.25) is 4.90 Å². The summed E-state index contributed by atoms with van der Waals surface area (Å²) in [5.41, 5.74) is 0.270. The Labute approximate surface area is 108 Å². The highest BCUT2D eigenvalue weighted by molar-refractivity contribution is 4.94. The average Bonchev–Trinajstić information content (AvgIpc) is 2.29. The fourth-order valence-electron chi connectivity index (χ4n) is 3.25. The molecule has 0 aliphatic carbocycles. The van der Waals surface area contributed by atoms with Crippen molar-refractivity contribution in [3.63, 3.8) is 0 Å². The molecule has 0 saturated carbocycles. The van der Waals surface area contributed by atoms with Gasteiger partial charge in [-0.2, -0.15) is 0 Å². The van der Waals surface area contributed by atoms with E-state index in [1.165, 1.54) is 25.8 Å². The van der Waals surface area contributed by atoms with Crippen LogP contribution in [0.3, 0.4) is 0 Å². The monoisotopic (exact) mass is 240 g/mol. The van der Waals surface area contributed by atoms with Crippen LogP contribution in [-0.2, 0) is 0 Å². The van der Waals surface area contributed by atoms with E-state index >= 15 is 0 Å². The summed E-state index contributed by atoms with van der Waals surface area (Å²) >= 11 is 0. The lowest BCUT2D eigenvalue weighted by Crippen LogP contribution is -2.64. The Hall–Kier alpha value is -0.0800. The number of hydrogen-bond acceptors (Lipinski definition) is 2. The molecule has 17 heavy (non-hydrogen) atoms. The molecule has 0 spiro atoms. The van der Waals surface area contributed by atoms with Gasteiger partial charge in [0.1, 0.15) is 0 Å². The Morgan fingerprint density at radius 1 is 1.24 bits per heavy atom. The van der Waals surface area contributed by atoms with Crippen molar-refractivity contribution in [2.75, 3.05) is 13.1 Å². The lowest BCUT2D eigenvalue weighted by molar-refractivity contribution is 0.0325. The lowest BCUT2D eigenvalue weighted by atomic mass is 9.89. The third-order valence-electron chi connectivity index (χ3n) is 4.59. The highest BCUT2D eigenvalue weighted by atomic mass is 15.3. The summed E-state index contributed by atoms with van der Waals surface area (Å²) in [6.07, 6.45) is 3.87. The molecule has 1 aliphatic heterocycles. The van der Waals surface area contributed by atoms with Crippen molar-refractivity contribution in [2.45, 2.75) is 78.4 Å². The first-order valence-corrected chi connectivity index (χ1v) is 7.45. The van der Waals surface area contributed by atoms with E-state index in [0.717, 1.165) is 24.5 Å². The molecule has 1 fully saturated rings. The van der Waals surface area contributed by atoms with E-state index < -0.39 is 0 Å². The van der Waals surface area contributed by atoms with Crippen LogP contribution in [0.2, 0.25) is 0 Å². The van der Waals surface area contributed by atoms with Gasteiger partial charge in [0, 0.05) is 30.7 Å². The molecule has 102 valence electrons. The Balaban J connectivity index is 2.75. The maximum atomic E-state index is 3.68. The zero-order valence-electron chi connectivity index (χ0n) is 12.7. The van der Waals surface area contributed by atoms with E-state index in [9.17, 15) is 0 Å². The minimum atomic E-state index is 0.270. The van der Waals surface area contributed by atoms with Crippen LogP contribution in [0.15, 0.2) is 0 Å². The van der Waals surface area contributed by atoms with Crippen LogP contribution in [0.5, 0.6) is 0 Å². The molecule has 1 heterocycles. The van der Waals surface area contributed by atoms with Crippen molar-refractivity contribution in [1.82, 2.24) is 10.2 Å². The first-order chi connectivity index (χ1) is 7.95. The van der Waals surface area contributed by atoms with Crippen LogP contribution < -0.4 is 5.32 Å². The van der Waals surface area contributed by atoms with Gasteiger partial charge in [0.25, 0.3) is 0 Å². The molecule has 1 saturated heterocycles. The third-order valence-corrected chi connectivity index (χ3v) is 4.59. The van der Waals surface area contributed by atoms with Crippen LogP contribution in [0.25, 0.3) is 0 Å². The summed E-state index contributed by atoms with van der Waals surface area (Å²) in [5.74, 6) is 0.845. The molecule has 1 rings (SSSR count). The van der Waals surface area contributed by atoms with Crippen LogP contribution >= 0.6 is 0 Å². The standard InChI is InChI=1S/C15H32N2/c1-7-13(8-2)12(4)17-11-15(5,6)16-10-14(17)9-3/h12-14,16H,7-11H2,1-6H3. The molecular weight excluding hydrogens is 208 g/mol. The average molecular weight is 240 g/mol. The fourth-order valence-corrected chi connectivity index (χ4v) is 3.25. The van der Waals surface area contributed by atoms with Gasteiger partial charge in [0.05, 0.1) is 0 Å². The maximum Gasteiger partial charge on any atom is 0.0253 e. The topological polar surface area (TPSA) is 15.3 Å². The molecule has 0 aromatic carbocycles. The quantitative estimate of drug-likeness (QED) is 0.793. The normalized spacial score (nSPS) is 27.4. The second kappa shape index (κ2) is 6.19. The van der Waals surface area contributed by atoms with E-state index in [0.29, 0.717) is 0 Å². The van der Waals surface area contributed by atoms with Crippen LogP contribution in [0, 0.1) is 5.92 Å². The Bertz CT molecular complexity index is 221. The van der Waals surface area contributed by atoms with Crippen molar-refractivity contribution in [1.29, 1.82) is 0 Å². The smallest absolute Gasteiger partial charge is 0.0253 e. The first kappa shape index (κ1) is 15.0. The summed E-state index contributed by atoms with van der Waals surface area (Å²) in [5, 5.41) is 3.68. The maximum absolute atomic E-state index is 3.68. The summed E-state index contributed by atoms with van der Waals surface area (Å²) in [7, 11) is 0. The number of nitrogens with one attached hydrogen (secondary N) is 1. The van der Waals surface area contributed by atoms with E-state index in [-0.39, 0.29) is 5.54 Å². The van der Waals surface area contributed by atoms with Crippen molar-refractivity contribution in [2.24, 2.45) is 5.92 Å². The van der Waals surface area contributed by atoms with E-state index in [4.69, 9.17) is 0 Å². The lowest BCUT2D eigenvalue weighted by Gasteiger charge is -2.49. The van der Waals surface area contributed by atoms with Crippen LogP contribution in [0.4, 0.5) is 0 Å². The summed E-state index contributed by atoms with van der Waals surface area (Å²) in [4.78, 5) is 2.76. The molecule has 0 amide bonds. The molecule has 0 aromatic rings. The zero-order chi connectivity index (χ0) is 13.1. The highest BCUT2D eigenvalue weighted by Crippen LogP contribution is 2.26. The van der Waals surface area contributed by atoms with Crippen molar-refractivity contribution in [3.05, 3.63) is 0 Å². The SMILES string of the molecule is CCC(CC)C(C)N1CC(C)(C)NCC1CC. The van der Waals surface area contributed by atoms with Gasteiger partial charge in [-0.25, -0.2) is 0 Å². The van der Waals surface area contributed by atoms with E-state index in [1.54, 1.807) is 0 Å². The molecule has 0 aromatic heterocycles. The Morgan fingerprint density at radius 3 is 2.29 bits per heavy atom. The van der Waals surface area contributed by atoms with Gasteiger partial charge in [0.2, 0.25) is 0 Å². The highest BCUT2D eigenvalue weighted by Gasteiger charge is 2.35. The zero-order valence-corrected chi connectivity index (χ0v) is 12.7. The van der Waals surface area contributed by atoms with Crippen molar-refractivity contribution >= 4 is 0 Å². The molecule has 0 radical (unpaired) electrons. The van der Waals surface area contributed by atoms with Gasteiger partial charge < -0.3 is 5.32 Å². The number of nitrogens with zero attached hydrogens (tertiary/aromatic N) is 1. The van der Waals surface area contributed by atoms with Crippen LogP contribution in [0.1, 0.15) is 60.8 Å². The predicted molar refractivity (Wildman–Crippen MR) is 76.4 cm³/mol. The number of piperazine rings is 1. The molecule has 2 nitrogen and oxygen atoms in total. The summed E-state index contributed by atoms with van der Waals surface area (Å²) in [6.45, 7) is 16.4. The summed E-state index contributed by atoms with van der Waals surface area (Å²) in [6, 6.07) is 1.44. The van der Waals surface area contributed by atoms with Gasteiger partial charge in [0.15, 0.2) is 0 Å². The fraction of sp³-hybridized carbons (Fsp3) is 1.00. The van der Waals surface area contributed by atoms with Gasteiger partial charge in [-0.05, 0) is 33.1 Å². The molecule has 2 heteroatoms. The minimum Gasteiger partial charge on any atom is -0.309 e. The van der Waals surface area contributed by atoms with E-state index in [1.807, 2.05) is 0 Å². The molecule has 2 unspecified atom stereocenters. The van der Waals surface area contributed by atoms with E-state index in [2.05, 4.69) is 51.8 Å². The molecule has 0 bridgehead atoms. The van der Waals surface area contributed by atoms with Gasteiger partial charge in [-0.1, -0.05) is 33.6 Å². The molecule has 1 N–H and O–H groups in total. The van der Waals surface area contributed by atoms with Gasteiger partial charge in [-0.15, -0.1) is 0 Å². The summed E-state index contributed by atoms with van der Waals surface area (Å²) < 4.78 is 0. The van der Waals surface area contributed by atoms with Crippen molar-refractivity contribution < 1.29 is 0 Å². The van der Waals surface area contributed by atoms with Crippen LogP contribution in [-0.4, -0.2) is 35.6 Å².